The van der Waals surface area contributed by atoms with Gasteiger partial charge in [0.15, 0.2) is 0 Å². The summed E-state index contributed by atoms with van der Waals surface area (Å²) >= 11 is 3.98. The van der Waals surface area contributed by atoms with Gasteiger partial charge in [-0.15, -0.1) is 11.3 Å². The van der Waals surface area contributed by atoms with Crippen molar-refractivity contribution in [2.75, 3.05) is 13.1 Å². The summed E-state index contributed by atoms with van der Waals surface area (Å²) in [5, 5.41) is 13.8. The molecule has 1 rings (SSSR count). The van der Waals surface area contributed by atoms with Gasteiger partial charge in [-0.05, 0) is 47.6 Å². The largest absolute Gasteiger partial charge is 0.481 e. The van der Waals surface area contributed by atoms with E-state index in [1.165, 1.54) is 7.76 Å². The third-order valence-electron chi connectivity index (χ3n) is 2.14. The fourth-order valence-corrected chi connectivity index (χ4v) is 3.04. The molecule has 1 aromatic heterocycles. The summed E-state index contributed by atoms with van der Waals surface area (Å²) in [6.45, 7) is 0.969. The van der Waals surface area contributed by atoms with Gasteiger partial charge < -0.3 is 15.7 Å². The number of hydrogen-bond donors (Lipinski definition) is 3. The molecule has 3 N–H and O–H groups in total. The number of hydrogen-bond acceptors (Lipinski definition) is 3. The van der Waals surface area contributed by atoms with Crippen LogP contribution in [0.3, 0.4) is 0 Å². The molecule has 18 heavy (non-hydrogen) atoms. The zero-order valence-electron chi connectivity index (χ0n) is 9.74. The molecule has 0 saturated carbocycles. The van der Waals surface area contributed by atoms with Crippen molar-refractivity contribution in [2.45, 2.75) is 19.3 Å². The van der Waals surface area contributed by atoms with Crippen molar-refractivity contribution in [2.24, 2.45) is 0 Å². The van der Waals surface area contributed by atoms with Gasteiger partial charge in [-0.1, -0.05) is 0 Å². The van der Waals surface area contributed by atoms with Gasteiger partial charge in [0.1, 0.15) is 0 Å². The Kier molecular flexibility index (Phi) is 7.02. The lowest BCUT2D eigenvalue weighted by molar-refractivity contribution is -0.137. The highest BCUT2D eigenvalue weighted by Crippen LogP contribution is 2.18. The number of amides is 2. The summed E-state index contributed by atoms with van der Waals surface area (Å²) in [4.78, 5) is 22.8. The number of carbonyl (C=O) groups is 2. The molecule has 0 bridgehead atoms. The number of carbonyl (C=O) groups excluding carboxylic acids is 1. The maximum atomic E-state index is 11.3. The second kappa shape index (κ2) is 8.30. The molecule has 7 heteroatoms. The fraction of sp³-hybridized carbons (Fsp3) is 0.455. The first-order valence-electron chi connectivity index (χ1n) is 5.55. The average molecular weight is 382 g/mol. The third kappa shape index (κ3) is 6.80. The Morgan fingerprint density at radius 1 is 1.28 bits per heavy atom. The van der Waals surface area contributed by atoms with E-state index in [0.717, 1.165) is 6.42 Å². The van der Waals surface area contributed by atoms with E-state index in [1.807, 2.05) is 6.07 Å². The van der Waals surface area contributed by atoms with Crippen LogP contribution >= 0.6 is 33.9 Å². The Morgan fingerprint density at radius 3 is 2.61 bits per heavy atom. The maximum Gasteiger partial charge on any atom is 0.314 e. The molecule has 0 fully saturated rings. The van der Waals surface area contributed by atoms with Crippen LogP contribution in [0.1, 0.15) is 17.7 Å². The quantitative estimate of drug-likeness (QED) is 0.499. The molecule has 100 valence electrons. The lowest BCUT2D eigenvalue weighted by Crippen LogP contribution is -2.37. The van der Waals surface area contributed by atoms with Crippen LogP contribution in [0.15, 0.2) is 12.1 Å². The van der Waals surface area contributed by atoms with E-state index in [1.54, 1.807) is 11.3 Å². The van der Waals surface area contributed by atoms with E-state index in [2.05, 4.69) is 39.3 Å². The Labute approximate surface area is 123 Å². The number of rotatable bonds is 7. The molecule has 1 heterocycles. The molecule has 0 spiro atoms. The summed E-state index contributed by atoms with van der Waals surface area (Å²) in [6, 6.07) is 3.86. The van der Waals surface area contributed by atoms with Gasteiger partial charge in [-0.2, -0.15) is 0 Å². The van der Waals surface area contributed by atoms with Gasteiger partial charge in [-0.3, -0.25) is 4.79 Å². The Hall–Kier alpha value is -0.830. The lowest BCUT2D eigenvalue weighted by atomic mass is 10.3. The van der Waals surface area contributed by atoms with Gasteiger partial charge in [0.2, 0.25) is 0 Å². The first-order valence-corrected chi connectivity index (χ1v) is 7.45. The topological polar surface area (TPSA) is 78.4 Å². The molecular weight excluding hydrogens is 367 g/mol. The smallest absolute Gasteiger partial charge is 0.314 e. The van der Waals surface area contributed by atoms with Crippen LogP contribution in [0.4, 0.5) is 4.79 Å². The van der Waals surface area contributed by atoms with Gasteiger partial charge >= 0.3 is 12.0 Å². The highest BCUT2D eigenvalue weighted by Gasteiger charge is 2.02. The maximum absolute atomic E-state index is 11.3. The van der Waals surface area contributed by atoms with Gasteiger partial charge in [0.25, 0.3) is 0 Å². The average Bonchev–Trinajstić information content (AvgIpc) is 2.70. The summed E-state index contributed by atoms with van der Waals surface area (Å²) in [6.07, 6.45) is 1.34. The molecule has 0 aliphatic carbocycles. The highest BCUT2D eigenvalue weighted by molar-refractivity contribution is 14.1. The monoisotopic (exact) mass is 382 g/mol. The number of nitrogens with one attached hydrogen (secondary N) is 2. The molecule has 0 aliphatic rings. The Morgan fingerprint density at radius 2 is 2.00 bits per heavy atom. The SMILES string of the molecule is O=C(O)CCCNC(=O)NCCc1ccc(I)s1. The summed E-state index contributed by atoms with van der Waals surface area (Å²) in [5.41, 5.74) is 0. The summed E-state index contributed by atoms with van der Waals surface area (Å²) < 4.78 is 1.24. The Bertz CT molecular complexity index is 409. The molecule has 5 nitrogen and oxygen atoms in total. The molecule has 0 aromatic carbocycles. The number of halogens is 1. The van der Waals surface area contributed by atoms with E-state index in [9.17, 15) is 9.59 Å². The fourth-order valence-electron chi connectivity index (χ4n) is 1.29. The minimum atomic E-state index is -0.843. The van der Waals surface area contributed by atoms with Crippen LogP contribution in [0.2, 0.25) is 0 Å². The predicted octanol–water partition coefficient (Wildman–Crippen LogP) is 2.06. The van der Waals surface area contributed by atoms with Gasteiger partial charge in [0.05, 0.1) is 2.88 Å². The van der Waals surface area contributed by atoms with Crippen LogP contribution in [-0.2, 0) is 11.2 Å². The first kappa shape index (κ1) is 15.2. The van der Waals surface area contributed by atoms with Crippen molar-refractivity contribution in [1.29, 1.82) is 0 Å². The molecule has 0 aliphatic heterocycles. The van der Waals surface area contributed by atoms with Crippen LogP contribution in [0, 0.1) is 2.88 Å². The second-order valence-electron chi connectivity index (χ2n) is 3.64. The summed E-state index contributed by atoms with van der Waals surface area (Å²) in [5.74, 6) is -0.843. The van der Waals surface area contributed by atoms with E-state index in [-0.39, 0.29) is 12.5 Å². The molecular formula is C11H15IN2O3S. The lowest BCUT2D eigenvalue weighted by Gasteiger charge is -2.06. The standard InChI is InChI=1S/C11H15IN2O3S/c12-9-4-3-8(18-9)5-7-14-11(17)13-6-1-2-10(15)16/h3-4H,1-2,5-7H2,(H,15,16)(H2,13,14,17). The number of carboxylic acids is 1. The van der Waals surface area contributed by atoms with Crippen LogP contribution in [0.5, 0.6) is 0 Å². The number of aliphatic carboxylic acids is 1. The van der Waals surface area contributed by atoms with Crippen molar-refractivity contribution in [3.05, 3.63) is 19.9 Å². The van der Waals surface area contributed by atoms with Crippen molar-refractivity contribution >= 4 is 45.9 Å². The first-order chi connectivity index (χ1) is 8.58. The predicted molar refractivity (Wildman–Crippen MR) is 79.0 cm³/mol. The van der Waals surface area contributed by atoms with Crippen molar-refractivity contribution in [1.82, 2.24) is 10.6 Å². The molecule has 1 aromatic rings. The van der Waals surface area contributed by atoms with Gasteiger partial charge in [-0.25, -0.2) is 4.79 Å². The van der Waals surface area contributed by atoms with Crippen molar-refractivity contribution in [3.8, 4) is 0 Å². The minimum absolute atomic E-state index is 0.0773. The second-order valence-corrected chi connectivity index (χ2v) is 6.70. The van der Waals surface area contributed by atoms with Crippen LogP contribution in [0.25, 0.3) is 0 Å². The normalized spacial score (nSPS) is 10.1. The number of thiophene rings is 1. The molecule has 0 unspecified atom stereocenters. The van der Waals surface area contributed by atoms with Crippen molar-refractivity contribution in [3.63, 3.8) is 0 Å². The molecule has 0 saturated heterocycles. The molecule has 2 amide bonds. The third-order valence-corrected chi connectivity index (χ3v) is 4.09. The number of carboxylic acid groups (broad SMARTS) is 1. The highest BCUT2D eigenvalue weighted by atomic mass is 127. The van der Waals surface area contributed by atoms with Gasteiger partial charge in [0, 0.05) is 24.4 Å². The zero-order valence-corrected chi connectivity index (χ0v) is 12.7. The van der Waals surface area contributed by atoms with Crippen LogP contribution < -0.4 is 10.6 Å². The van der Waals surface area contributed by atoms with E-state index >= 15 is 0 Å². The summed E-state index contributed by atoms with van der Waals surface area (Å²) in [7, 11) is 0. The Balaban J connectivity index is 2.05. The van der Waals surface area contributed by atoms with E-state index < -0.39 is 5.97 Å². The number of urea groups is 1. The minimum Gasteiger partial charge on any atom is -0.481 e. The van der Waals surface area contributed by atoms with Crippen molar-refractivity contribution < 1.29 is 14.7 Å². The van der Waals surface area contributed by atoms with E-state index in [4.69, 9.17) is 5.11 Å². The zero-order chi connectivity index (χ0) is 13.4. The molecule has 0 radical (unpaired) electrons. The van der Waals surface area contributed by atoms with E-state index in [0.29, 0.717) is 19.5 Å². The van der Waals surface area contributed by atoms with Crippen LogP contribution in [-0.4, -0.2) is 30.2 Å². The molecule has 0 atom stereocenters.